The van der Waals surface area contributed by atoms with Crippen LogP contribution in [-0.2, 0) is 28.7 Å². The Kier molecular flexibility index (Phi) is 4.83. The van der Waals surface area contributed by atoms with Crippen LogP contribution in [0.3, 0.4) is 0 Å². The van der Waals surface area contributed by atoms with Crippen molar-refractivity contribution in [2.45, 2.75) is 64.4 Å². The average molecular weight is 351 g/mol. The van der Waals surface area contributed by atoms with Gasteiger partial charge in [-0.15, -0.1) is 0 Å². The summed E-state index contributed by atoms with van der Waals surface area (Å²) < 4.78 is 6.05. The Morgan fingerprint density at radius 2 is 1.50 bits per heavy atom. The summed E-state index contributed by atoms with van der Waals surface area (Å²) >= 11 is 0. The minimum Gasteiger partial charge on any atom is -0.489 e. The summed E-state index contributed by atoms with van der Waals surface area (Å²) in [7, 11) is 0. The van der Waals surface area contributed by atoms with Crippen LogP contribution in [0.25, 0.3) is 0 Å². The quantitative estimate of drug-likeness (QED) is 0.853. The molecule has 0 heterocycles. The molecule has 0 atom stereocenters. The maximum absolute atomic E-state index is 11.0. The average Bonchev–Trinajstić information content (AvgIpc) is 2.58. The Hall–Kier alpha value is -2.29. The molecule has 1 amide bonds. The lowest BCUT2D eigenvalue weighted by atomic mass is 9.63. The van der Waals surface area contributed by atoms with Crippen molar-refractivity contribution >= 4 is 5.91 Å². The molecule has 138 valence electrons. The van der Waals surface area contributed by atoms with E-state index >= 15 is 0 Å². The van der Waals surface area contributed by atoms with Crippen LogP contribution in [0.1, 0.15) is 62.8 Å². The van der Waals surface area contributed by atoms with Gasteiger partial charge in [0, 0.05) is 0 Å². The van der Waals surface area contributed by atoms with Crippen LogP contribution in [0.5, 0.6) is 5.75 Å². The molecule has 3 nitrogen and oxygen atoms in total. The molecule has 0 saturated heterocycles. The zero-order valence-electron chi connectivity index (χ0n) is 16.3. The smallest absolute Gasteiger partial charge is 0.221 e. The molecule has 0 fully saturated rings. The van der Waals surface area contributed by atoms with E-state index in [9.17, 15) is 4.79 Å². The molecule has 0 aromatic heterocycles. The van der Waals surface area contributed by atoms with Crippen LogP contribution in [0.2, 0.25) is 0 Å². The van der Waals surface area contributed by atoms with Gasteiger partial charge in [0.05, 0.1) is 6.42 Å². The van der Waals surface area contributed by atoms with Crippen molar-refractivity contribution in [3.63, 3.8) is 0 Å². The van der Waals surface area contributed by atoms with E-state index in [0.29, 0.717) is 6.61 Å². The number of carbonyl (C=O) groups excluding carboxylic acids is 1. The van der Waals surface area contributed by atoms with Crippen molar-refractivity contribution in [2.24, 2.45) is 5.73 Å². The number of amides is 1. The molecule has 0 bridgehead atoms. The Morgan fingerprint density at radius 3 is 2.12 bits per heavy atom. The number of hydrogen-bond donors (Lipinski definition) is 1. The molecule has 0 spiro atoms. The monoisotopic (exact) mass is 351 g/mol. The third-order valence-corrected chi connectivity index (χ3v) is 5.63. The molecule has 26 heavy (non-hydrogen) atoms. The number of benzene rings is 2. The van der Waals surface area contributed by atoms with Gasteiger partial charge in [0.1, 0.15) is 12.4 Å². The van der Waals surface area contributed by atoms with Gasteiger partial charge in [-0.2, -0.15) is 0 Å². The maximum Gasteiger partial charge on any atom is 0.221 e. The standard InChI is InChI=1S/C23H29NO2/c1-22(2)11-12-23(3,4)20-14-18(9-10-19(20)22)26-15-17-7-5-16(6-8-17)13-21(24)25/h5-10,14H,11-13,15H2,1-4H3,(H2,24,25). The summed E-state index contributed by atoms with van der Waals surface area (Å²) in [6, 6.07) is 14.4. The molecule has 1 aliphatic carbocycles. The van der Waals surface area contributed by atoms with Crippen LogP contribution in [-0.4, -0.2) is 5.91 Å². The van der Waals surface area contributed by atoms with Crippen molar-refractivity contribution in [1.29, 1.82) is 0 Å². The molecule has 0 saturated carbocycles. The van der Waals surface area contributed by atoms with Gasteiger partial charge < -0.3 is 10.5 Å². The normalized spacial score (nSPS) is 17.4. The fraction of sp³-hybridized carbons (Fsp3) is 0.435. The molecule has 3 rings (SSSR count). The van der Waals surface area contributed by atoms with Crippen LogP contribution in [0.4, 0.5) is 0 Å². The van der Waals surface area contributed by atoms with E-state index in [1.807, 2.05) is 24.3 Å². The Morgan fingerprint density at radius 1 is 0.923 bits per heavy atom. The number of rotatable bonds is 5. The van der Waals surface area contributed by atoms with E-state index in [2.05, 4.69) is 45.9 Å². The lowest BCUT2D eigenvalue weighted by Crippen LogP contribution is -2.33. The zero-order valence-corrected chi connectivity index (χ0v) is 16.3. The van der Waals surface area contributed by atoms with Crippen molar-refractivity contribution in [2.75, 3.05) is 0 Å². The van der Waals surface area contributed by atoms with E-state index in [0.717, 1.165) is 16.9 Å². The van der Waals surface area contributed by atoms with E-state index in [1.165, 1.54) is 24.0 Å². The predicted molar refractivity (Wildman–Crippen MR) is 105 cm³/mol. The fourth-order valence-electron chi connectivity index (χ4n) is 3.78. The lowest BCUT2D eigenvalue weighted by Gasteiger charge is -2.41. The molecule has 0 radical (unpaired) electrons. The van der Waals surface area contributed by atoms with Crippen molar-refractivity contribution in [1.82, 2.24) is 0 Å². The minimum atomic E-state index is -0.311. The second kappa shape index (κ2) is 6.79. The predicted octanol–water partition coefficient (Wildman–Crippen LogP) is 4.64. The summed E-state index contributed by atoms with van der Waals surface area (Å²) in [4.78, 5) is 11.0. The Bertz CT molecular complexity index is 803. The molecule has 0 aliphatic heterocycles. The number of primary amides is 1. The first kappa shape index (κ1) is 18.5. The van der Waals surface area contributed by atoms with Gasteiger partial charge in [0.2, 0.25) is 5.91 Å². The van der Waals surface area contributed by atoms with Gasteiger partial charge in [-0.25, -0.2) is 0 Å². The van der Waals surface area contributed by atoms with Gasteiger partial charge in [-0.3, -0.25) is 4.79 Å². The summed E-state index contributed by atoms with van der Waals surface area (Å²) in [5.74, 6) is 0.601. The number of fused-ring (bicyclic) bond motifs is 1. The van der Waals surface area contributed by atoms with Gasteiger partial charge in [-0.1, -0.05) is 58.0 Å². The first-order valence-electron chi connectivity index (χ1n) is 9.31. The topological polar surface area (TPSA) is 52.3 Å². The van der Waals surface area contributed by atoms with Crippen LogP contribution in [0, 0.1) is 0 Å². The first-order chi connectivity index (χ1) is 12.2. The second-order valence-corrected chi connectivity index (χ2v) is 8.72. The highest BCUT2D eigenvalue weighted by atomic mass is 16.5. The third-order valence-electron chi connectivity index (χ3n) is 5.63. The molecule has 2 aromatic rings. The first-order valence-corrected chi connectivity index (χ1v) is 9.31. The van der Waals surface area contributed by atoms with Crippen molar-refractivity contribution in [3.8, 4) is 5.75 Å². The Labute approximate surface area is 156 Å². The highest BCUT2D eigenvalue weighted by Gasteiger charge is 2.37. The molecule has 3 heteroatoms. The maximum atomic E-state index is 11.0. The highest BCUT2D eigenvalue weighted by molar-refractivity contribution is 5.76. The summed E-state index contributed by atoms with van der Waals surface area (Å²) in [6.07, 6.45) is 2.68. The summed E-state index contributed by atoms with van der Waals surface area (Å²) in [5, 5.41) is 0. The fourth-order valence-corrected chi connectivity index (χ4v) is 3.78. The van der Waals surface area contributed by atoms with E-state index in [1.54, 1.807) is 0 Å². The van der Waals surface area contributed by atoms with Gasteiger partial charge >= 0.3 is 0 Å². The van der Waals surface area contributed by atoms with Crippen LogP contribution >= 0.6 is 0 Å². The molecular weight excluding hydrogens is 322 g/mol. The molecule has 0 unspecified atom stereocenters. The molecular formula is C23H29NO2. The second-order valence-electron chi connectivity index (χ2n) is 8.72. The zero-order chi connectivity index (χ0) is 18.9. The van der Waals surface area contributed by atoms with Crippen LogP contribution in [0.15, 0.2) is 42.5 Å². The summed E-state index contributed by atoms with van der Waals surface area (Å²) in [6.45, 7) is 9.81. The number of nitrogens with two attached hydrogens (primary N) is 1. The summed E-state index contributed by atoms with van der Waals surface area (Å²) in [5.41, 5.74) is 10.5. The van der Waals surface area contributed by atoms with Crippen molar-refractivity contribution < 1.29 is 9.53 Å². The SMILES string of the molecule is CC1(C)CCC(C)(C)c2cc(OCc3ccc(CC(N)=O)cc3)ccc21. The van der Waals surface area contributed by atoms with Gasteiger partial charge in [-0.05, 0) is 58.1 Å². The largest absolute Gasteiger partial charge is 0.489 e. The minimum absolute atomic E-state index is 0.181. The molecule has 1 aliphatic rings. The van der Waals surface area contributed by atoms with Crippen molar-refractivity contribution in [3.05, 3.63) is 64.7 Å². The van der Waals surface area contributed by atoms with E-state index < -0.39 is 0 Å². The number of carbonyl (C=O) groups is 1. The Balaban J connectivity index is 1.74. The molecule has 2 aromatic carbocycles. The van der Waals surface area contributed by atoms with E-state index in [4.69, 9.17) is 10.5 Å². The number of ether oxygens (including phenoxy) is 1. The van der Waals surface area contributed by atoms with E-state index in [-0.39, 0.29) is 23.2 Å². The third kappa shape index (κ3) is 3.92. The number of hydrogen-bond acceptors (Lipinski definition) is 2. The van der Waals surface area contributed by atoms with Gasteiger partial charge in [0.15, 0.2) is 0 Å². The van der Waals surface area contributed by atoms with Crippen LogP contribution < -0.4 is 10.5 Å². The molecule has 2 N–H and O–H groups in total. The lowest BCUT2D eigenvalue weighted by molar-refractivity contribution is -0.117. The van der Waals surface area contributed by atoms with Gasteiger partial charge in [0.25, 0.3) is 0 Å². The highest BCUT2D eigenvalue weighted by Crippen LogP contribution is 2.46.